The number of benzene rings is 2. The zero-order valence-electron chi connectivity index (χ0n) is 13.4. The van der Waals surface area contributed by atoms with Crippen molar-refractivity contribution in [3.05, 3.63) is 99.9 Å². The lowest BCUT2D eigenvalue weighted by Gasteiger charge is -2.00. The molecule has 0 saturated heterocycles. The summed E-state index contributed by atoms with van der Waals surface area (Å²) < 4.78 is 1.95. The molecule has 0 spiro atoms. The third-order valence-electron chi connectivity index (χ3n) is 3.80. The van der Waals surface area contributed by atoms with Crippen LogP contribution in [0.1, 0.15) is 16.7 Å². The van der Waals surface area contributed by atoms with E-state index in [1.165, 1.54) is 6.07 Å². The molecule has 0 fully saturated rings. The van der Waals surface area contributed by atoms with Crippen LogP contribution in [0.5, 0.6) is 5.75 Å². The maximum absolute atomic E-state index is 10.8. The Morgan fingerprint density at radius 3 is 2.48 bits per heavy atom. The first-order chi connectivity index (χ1) is 12.1. The van der Waals surface area contributed by atoms with Crippen molar-refractivity contribution >= 4 is 17.8 Å². The molecule has 1 aromatic heterocycles. The molecule has 0 bridgehead atoms. The van der Waals surface area contributed by atoms with Gasteiger partial charge < -0.3 is 5.11 Å². The third-order valence-corrected chi connectivity index (χ3v) is 3.80. The van der Waals surface area contributed by atoms with Crippen molar-refractivity contribution in [2.45, 2.75) is 6.54 Å². The molecule has 1 heterocycles. The smallest absolute Gasteiger partial charge is 0.269 e. The second-order valence-corrected chi connectivity index (χ2v) is 5.62. The van der Waals surface area contributed by atoms with Crippen molar-refractivity contribution in [1.29, 1.82) is 0 Å². The summed E-state index contributed by atoms with van der Waals surface area (Å²) in [5, 5.41) is 20.6. The van der Waals surface area contributed by atoms with Gasteiger partial charge in [-0.25, -0.2) is 4.57 Å². The van der Waals surface area contributed by atoms with E-state index in [1.54, 1.807) is 24.3 Å². The normalized spacial score (nSPS) is 10.9. The molecular weight excluding hydrogens is 316 g/mol. The van der Waals surface area contributed by atoms with Crippen LogP contribution in [0.2, 0.25) is 0 Å². The van der Waals surface area contributed by atoms with Gasteiger partial charge in [0.1, 0.15) is 5.75 Å². The fourth-order valence-corrected chi connectivity index (χ4v) is 2.48. The summed E-state index contributed by atoms with van der Waals surface area (Å²) in [5.41, 5.74) is 2.73. The largest absolute Gasteiger partial charge is 0.507 e. The number of aromatic nitrogens is 1. The Morgan fingerprint density at radius 2 is 1.76 bits per heavy atom. The predicted octanol–water partition coefficient (Wildman–Crippen LogP) is 3.81. The predicted molar refractivity (Wildman–Crippen MR) is 95.9 cm³/mol. The number of non-ortho nitro benzene ring substituents is 1. The van der Waals surface area contributed by atoms with Crippen molar-refractivity contribution < 1.29 is 14.6 Å². The molecule has 0 aliphatic heterocycles. The Morgan fingerprint density at radius 1 is 1.00 bits per heavy atom. The van der Waals surface area contributed by atoms with Crippen LogP contribution >= 0.6 is 0 Å². The third kappa shape index (κ3) is 4.29. The van der Waals surface area contributed by atoms with E-state index in [2.05, 4.69) is 0 Å². The van der Waals surface area contributed by atoms with Crippen LogP contribution in [-0.2, 0) is 6.54 Å². The lowest BCUT2D eigenvalue weighted by Crippen LogP contribution is -2.33. The van der Waals surface area contributed by atoms with E-state index in [0.717, 1.165) is 16.7 Å². The first kappa shape index (κ1) is 16.4. The highest BCUT2D eigenvalue weighted by molar-refractivity contribution is 5.71. The number of hydrogen-bond acceptors (Lipinski definition) is 3. The molecule has 1 N–H and O–H groups in total. The maximum atomic E-state index is 10.8. The molecule has 0 aliphatic carbocycles. The highest BCUT2D eigenvalue weighted by Crippen LogP contribution is 2.18. The summed E-state index contributed by atoms with van der Waals surface area (Å²) in [5.74, 6) is 0.246. The summed E-state index contributed by atoms with van der Waals surface area (Å²) in [6.07, 6.45) is 7.62. The number of nitrogens with zero attached hydrogens (tertiary/aromatic N) is 2. The SMILES string of the molecule is O=[N+]([O-])c1cccc(C[n+]2ccc(/C=C/c3ccccc3O)cc2)c1. The molecule has 25 heavy (non-hydrogen) atoms. The monoisotopic (exact) mass is 333 g/mol. The number of nitro benzene ring substituents is 1. The fraction of sp³-hybridized carbons (Fsp3) is 0.0500. The topological polar surface area (TPSA) is 67.2 Å². The second-order valence-electron chi connectivity index (χ2n) is 5.62. The lowest BCUT2D eigenvalue weighted by atomic mass is 10.1. The van der Waals surface area contributed by atoms with Gasteiger partial charge in [-0.3, -0.25) is 10.1 Å². The van der Waals surface area contributed by atoms with Gasteiger partial charge in [0.05, 0.1) is 4.92 Å². The summed E-state index contributed by atoms with van der Waals surface area (Å²) >= 11 is 0. The molecule has 0 amide bonds. The highest BCUT2D eigenvalue weighted by Gasteiger charge is 2.08. The van der Waals surface area contributed by atoms with Crippen LogP contribution in [0, 0.1) is 10.1 Å². The maximum Gasteiger partial charge on any atom is 0.269 e. The first-order valence-electron chi connectivity index (χ1n) is 7.80. The molecule has 5 heteroatoms. The zero-order valence-corrected chi connectivity index (χ0v) is 13.4. The number of aromatic hydroxyl groups is 1. The van der Waals surface area contributed by atoms with Crippen molar-refractivity contribution in [2.75, 3.05) is 0 Å². The molecule has 3 rings (SSSR count). The Hall–Kier alpha value is -3.47. The molecule has 0 radical (unpaired) electrons. The number of nitro groups is 1. The number of phenols is 1. The Kier molecular flexibility index (Phi) is 4.85. The minimum Gasteiger partial charge on any atom is -0.507 e. The molecule has 124 valence electrons. The fourth-order valence-electron chi connectivity index (χ4n) is 2.48. The van der Waals surface area contributed by atoms with Crippen LogP contribution in [0.4, 0.5) is 5.69 Å². The van der Waals surface area contributed by atoms with Crippen LogP contribution in [0.3, 0.4) is 0 Å². The summed E-state index contributed by atoms with van der Waals surface area (Å²) in [6, 6.07) is 17.7. The summed E-state index contributed by atoms with van der Waals surface area (Å²) in [7, 11) is 0. The van der Waals surface area contributed by atoms with Crippen molar-refractivity contribution in [3.63, 3.8) is 0 Å². The molecule has 0 unspecified atom stereocenters. The highest BCUT2D eigenvalue weighted by atomic mass is 16.6. The van der Waals surface area contributed by atoms with E-state index in [9.17, 15) is 15.2 Å². The molecule has 0 saturated carbocycles. The van der Waals surface area contributed by atoms with Gasteiger partial charge in [-0.15, -0.1) is 0 Å². The zero-order chi connectivity index (χ0) is 17.6. The Labute approximate surface area is 145 Å². The second kappa shape index (κ2) is 7.40. The number of para-hydroxylation sites is 1. The van der Waals surface area contributed by atoms with Gasteiger partial charge in [0, 0.05) is 35.4 Å². The van der Waals surface area contributed by atoms with Gasteiger partial charge in [-0.2, -0.15) is 0 Å². The van der Waals surface area contributed by atoms with Gasteiger partial charge in [0.25, 0.3) is 5.69 Å². The van der Waals surface area contributed by atoms with Gasteiger partial charge in [-0.05, 0) is 11.6 Å². The summed E-state index contributed by atoms with van der Waals surface area (Å²) in [4.78, 5) is 10.4. The van der Waals surface area contributed by atoms with Gasteiger partial charge >= 0.3 is 0 Å². The van der Waals surface area contributed by atoms with Crippen LogP contribution in [0.15, 0.2) is 73.1 Å². The van der Waals surface area contributed by atoms with Gasteiger partial charge in [-0.1, -0.05) is 42.5 Å². The first-order valence-corrected chi connectivity index (χ1v) is 7.80. The summed E-state index contributed by atoms with van der Waals surface area (Å²) in [6.45, 7) is 0.561. The van der Waals surface area contributed by atoms with E-state index < -0.39 is 0 Å². The van der Waals surface area contributed by atoms with E-state index in [-0.39, 0.29) is 16.4 Å². The van der Waals surface area contributed by atoms with Crippen LogP contribution in [-0.4, -0.2) is 10.0 Å². The van der Waals surface area contributed by atoms with Gasteiger partial charge in [0.15, 0.2) is 18.9 Å². The minimum atomic E-state index is -0.388. The minimum absolute atomic E-state index is 0.0975. The van der Waals surface area contributed by atoms with E-state index >= 15 is 0 Å². The molecule has 3 aromatic rings. The van der Waals surface area contributed by atoms with Crippen LogP contribution in [0.25, 0.3) is 12.2 Å². The van der Waals surface area contributed by atoms with Crippen molar-refractivity contribution in [3.8, 4) is 5.75 Å². The molecule has 0 aliphatic rings. The quantitative estimate of drug-likeness (QED) is 0.439. The van der Waals surface area contributed by atoms with E-state index in [0.29, 0.717) is 6.54 Å². The molecular formula is C20H17N2O3+. The number of rotatable bonds is 5. The molecule has 0 atom stereocenters. The van der Waals surface area contributed by atoms with E-state index in [4.69, 9.17) is 0 Å². The average molecular weight is 333 g/mol. The molecule has 2 aromatic carbocycles. The van der Waals surface area contributed by atoms with E-state index in [1.807, 2.05) is 59.4 Å². The number of phenolic OH excluding ortho intramolecular Hbond substituents is 1. The number of hydrogen-bond donors (Lipinski definition) is 1. The van der Waals surface area contributed by atoms with Crippen molar-refractivity contribution in [1.82, 2.24) is 0 Å². The Balaban J connectivity index is 1.71. The Bertz CT molecular complexity index is 918. The van der Waals surface area contributed by atoms with Gasteiger partial charge in [0.2, 0.25) is 0 Å². The average Bonchev–Trinajstić information content (AvgIpc) is 2.62. The number of pyridine rings is 1. The molecule has 5 nitrogen and oxygen atoms in total. The van der Waals surface area contributed by atoms with Crippen molar-refractivity contribution in [2.24, 2.45) is 0 Å². The van der Waals surface area contributed by atoms with Crippen LogP contribution < -0.4 is 4.57 Å². The lowest BCUT2D eigenvalue weighted by molar-refractivity contribution is -0.688. The standard InChI is InChI=1S/C20H16N2O3/c23-20-7-2-1-5-18(20)9-8-16-10-12-21(13-11-16)15-17-4-3-6-19(14-17)22(24)25/h1-14H,15H2/p+1.